The summed E-state index contributed by atoms with van der Waals surface area (Å²) in [6, 6.07) is 7.74. The molecule has 1 N–H and O–H groups in total. The zero-order valence-corrected chi connectivity index (χ0v) is 12.6. The van der Waals surface area contributed by atoms with Gasteiger partial charge in [0.25, 0.3) is 0 Å². The first kappa shape index (κ1) is 15.0. The Hall–Kier alpha value is -1.92. The molecule has 0 aromatic heterocycles. The summed E-state index contributed by atoms with van der Waals surface area (Å²) in [5, 5.41) is 8.94. The third kappa shape index (κ3) is 2.84. The number of benzene rings is 1. The zero-order valence-electron chi connectivity index (χ0n) is 12.6. The maximum absolute atomic E-state index is 12.5. The fraction of sp³-hybridized carbons (Fsp3) is 0.500. The fourth-order valence-corrected chi connectivity index (χ4v) is 3.12. The predicted octanol–water partition coefficient (Wildman–Crippen LogP) is -0.288. The van der Waals surface area contributed by atoms with E-state index in [2.05, 4.69) is 4.90 Å². The van der Waals surface area contributed by atoms with E-state index >= 15 is 0 Å². The summed E-state index contributed by atoms with van der Waals surface area (Å²) in [6.07, 6.45) is 0.805. The minimum Gasteiger partial charge on any atom is -0.395 e. The molecule has 6 nitrogen and oxygen atoms in total. The molecule has 2 amide bonds. The van der Waals surface area contributed by atoms with Gasteiger partial charge in [-0.15, -0.1) is 0 Å². The van der Waals surface area contributed by atoms with Crippen molar-refractivity contribution in [2.75, 3.05) is 50.8 Å². The molecule has 0 aliphatic carbocycles. The molecule has 0 atom stereocenters. The van der Waals surface area contributed by atoms with Gasteiger partial charge in [0.15, 0.2) is 0 Å². The molecule has 0 spiro atoms. The van der Waals surface area contributed by atoms with Crippen LogP contribution in [0.3, 0.4) is 0 Å². The molecule has 118 valence electrons. The second-order valence-corrected chi connectivity index (χ2v) is 5.69. The average Bonchev–Trinajstić information content (AvgIpc) is 2.98. The Kier molecular flexibility index (Phi) is 4.40. The lowest BCUT2D eigenvalue weighted by Gasteiger charge is -2.34. The molecular formula is C16H21N3O3. The lowest BCUT2D eigenvalue weighted by molar-refractivity contribution is -0.145. The first-order chi connectivity index (χ1) is 10.7. The number of piperazine rings is 1. The van der Waals surface area contributed by atoms with Crippen LogP contribution >= 0.6 is 0 Å². The minimum absolute atomic E-state index is 0.122. The molecular weight excluding hydrogens is 282 g/mol. The van der Waals surface area contributed by atoms with Crippen LogP contribution in [-0.4, -0.2) is 72.6 Å². The molecule has 0 bridgehead atoms. The van der Waals surface area contributed by atoms with Crippen molar-refractivity contribution in [3.63, 3.8) is 0 Å². The Balaban J connectivity index is 1.63. The number of carbonyl (C=O) groups excluding carboxylic acids is 2. The number of β-amino-alcohol motifs (C(OH)–C–C–N with tert-alkyl or cyclic N) is 1. The van der Waals surface area contributed by atoms with Crippen LogP contribution in [0.1, 0.15) is 5.56 Å². The van der Waals surface area contributed by atoms with Crippen LogP contribution in [0.2, 0.25) is 0 Å². The SMILES string of the molecule is O=C(C(=O)N1CCc2ccccc21)N1CCN(CCO)CC1. The van der Waals surface area contributed by atoms with Crippen molar-refractivity contribution < 1.29 is 14.7 Å². The molecule has 1 fully saturated rings. The first-order valence-corrected chi connectivity index (χ1v) is 7.72. The van der Waals surface area contributed by atoms with Crippen molar-refractivity contribution in [3.05, 3.63) is 29.8 Å². The van der Waals surface area contributed by atoms with E-state index in [1.165, 1.54) is 0 Å². The van der Waals surface area contributed by atoms with E-state index < -0.39 is 11.8 Å². The largest absolute Gasteiger partial charge is 0.395 e. The van der Waals surface area contributed by atoms with Crippen molar-refractivity contribution >= 4 is 17.5 Å². The first-order valence-electron chi connectivity index (χ1n) is 7.72. The highest BCUT2D eigenvalue weighted by molar-refractivity contribution is 6.40. The Morgan fingerprint density at radius 3 is 2.45 bits per heavy atom. The van der Waals surface area contributed by atoms with Crippen molar-refractivity contribution in [3.8, 4) is 0 Å². The predicted molar refractivity (Wildman–Crippen MR) is 82.6 cm³/mol. The van der Waals surface area contributed by atoms with Crippen molar-refractivity contribution in [2.24, 2.45) is 0 Å². The molecule has 6 heteroatoms. The highest BCUT2D eigenvalue weighted by Gasteiger charge is 2.33. The van der Waals surface area contributed by atoms with E-state index in [0.717, 1.165) is 17.7 Å². The molecule has 1 aromatic carbocycles. The number of aliphatic hydroxyl groups is 1. The summed E-state index contributed by atoms with van der Waals surface area (Å²) >= 11 is 0. The monoisotopic (exact) mass is 303 g/mol. The van der Waals surface area contributed by atoms with E-state index in [-0.39, 0.29) is 6.61 Å². The van der Waals surface area contributed by atoms with Gasteiger partial charge in [-0.05, 0) is 18.1 Å². The standard InChI is InChI=1S/C16H21N3O3/c20-12-11-17-7-9-18(10-8-17)15(21)16(22)19-6-5-13-3-1-2-4-14(13)19/h1-4,20H,5-12H2. The van der Waals surface area contributed by atoms with Crippen LogP contribution in [0.4, 0.5) is 5.69 Å². The molecule has 2 heterocycles. The third-order valence-corrected chi connectivity index (χ3v) is 4.39. The van der Waals surface area contributed by atoms with E-state index in [4.69, 9.17) is 5.11 Å². The average molecular weight is 303 g/mol. The quantitative estimate of drug-likeness (QED) is 0.763. The number of para-hydroxylation sites is 1. The highest BCUT2D eigenvalue weighted by Crippen LogP contribution is 2.27. The van der Waals surface area contributed by atoms with Crippen LogP contribution in [-0.2, 0) is 16.0 Å². The Labute approximate surface area is 129 Å². The normalized spacial score (nSPS) is 18.4. The summed E-state index contributed by atoms with van der Waals surface area (Å²) in [6.45, 7) is 3.81. The van der Waals surface area contributed by atoms with Gasteiger partial charge in [-0.3, -0.25) is 14.5 Å². The highest BCUT2D eigenvalue weighted by atomic mass is 16.3. The van der Waals surface area contributed by atoms with Gasteiger partial charge in [-0.1, -0.05) is 18.2 Å². The van der Waals surface area contributed by atoms with Gasteiger partial charge in [0, 0.05) is 45.0 Å². The number of nitrogens with zero attached hydrogens (tertiary/aromatic N) is 3. The number of aliphatic hydroxyl groups excluding tert-OH is 1. The lowest BCUT2D eigenvalue weighted by atomic mass is 10.2. The summed E-state index contributed by atoms with van der Waals surface area (Å²) in [5.41, 5.74) is 1.98. The molecule has 22 heavy (non-hydrogen) atoms. The Morgan fingerprint density at radius 2 is 1.73 bits per heavy atom. The molecule has 0 radical (unpaired) electrons. The van der Waals surface area contributed by atoms with Crippen LogP contribution in [0.5, 0.6) is 0 Å². The minimum atomic E-state index is -0.430. The maximum atomic E-state index is 12.5. The van der Waals surface area contributed by atoms with Crippen LogP contribution in [0.15, 0.2) is 24.3 Å². The van der Waals surface area contributed by atoms with Crippen LogP contribution < -0.4 is 4.90 Å². The molecule has 1 saturated heterocycles. The second kappa shape index (κ2) is 6.46. The van der Waals surface area contributed by atoms with Gasteiger partial charge in [0.1, 0.15) is 0 Å². The number of rotatable bonds is 2. The zero-order chi connectivity index (χ0) is 15.5. The Bertz CT molecular complexity index is 568. The number of fused-ring (bicyclic) bond motifs is 1. The summed E-state index contributed by atoms with van der Waals surface area (Å²) in [5.74, 6) is -0.846. The van der Waals surface area contributed by atoms with E-state index in [1.807, 2.05) is 24.3 Å². The molecule has 2 aliphatic heterocycles. The number of carbonyl (C=O) groups is 2. The molecule has 1 aromatic rings. The topological polar surface area (TPSA) is 64.1 Å². The summed E-state index contributed by atoms with van der Waals surface area (Å²) in [4.78, 5) is 30.2. The van der Waals surface area contributed by atoms with Crippen molar-refractivity contribution in [2.45, 2.75) is 6.42 Å². The lowest BCUT2D eigenvalue weighted by Crippen LogP contribution is -2.53. The number of amides is 2. The van der Waals surface area contributed by atoms with E-state index in [1.54, 1.807) is 9.80 Å². The van der Waals surface area contributed by atoms with Crippen molar-refractivity contribution in [1.82, 2.24) is 9.80 Å². The van der Waals surface area contributed by atoms with Gasteiger partial charge in [0.2, 0.25) is 0 Å². The van der Waals surface area contributed by atoms with Crippen molar-refractivity contribution in [1.29, 1.82) is 0 Å². The number of anilines is 1. The molecule has 3 rings (SSSR count). The fourth-order valence-electron chi connectivity index (χ4n) is 3.12. The van der Waals surface area contributed by atoms with Gasteiger partial charge in [0.05, 0.1) is 6.61 Å². The molecule has 0 saturated carbocycles. The third-order valence-electron chi connectivity index (χ3n) is 4.39. The maximum Gasteiger partial charge on any atom is 0.316 e. The second-order valence-electron chi connectivity index (χ2n) is 5.69. The van der Waals surface area contributed by atoms with Crippen LogP contribution in [0.25, 0.3) is 0 Å². The summed E-state index contributed by atoms with van der Waals surface area (Å²) < 4.78 is 0. The van der Waals surface area contributed by atoms with Gasteiger partial charge < -0.3 is 14.9 Å². The van der Waals surface area contributed by atoms with E-state index in [0.29, 0.717) is 39.3 Å². The van der Waals surface area contributed by atoms with Gasteiger partial charge in [-0.2, -0.15) is 0 Å². The van der Waals surface area contributed by atoms with Gasteiger partial charge >= 0.3 is 11.8 Å². The van der Waals surface area contributed by atoms with Gasteiger partial charge in [-0.25, -0.2) is 0 Å². The van der Waals surface area contributed by atoms with Crippen LogP contribution in [0, 0.1) is 0 Å². The number of hydrogen-bond acceptors (Lipinski definition) is 4. The smallest absolute Gasteiger partial charge is 0.316 e. The Morgan fingerprint density at radius 1 is 1.00 bits per heavy atom. The summed E-state index contributed by atoms with van der Waals surface area (Å²) in [7, 11) is 0. The molecule has 0 unspecified atom stereocenters. The molecule has 2 aliphatic rings. The van der Waals surface area contributed by atoms with E-state index in [9.17, 15) is 9.59 Å². The number of hydrogen-bond donors (Lipinski definition) is 1.